The molecule has 2 saturated carbocycles. The number of Topliss-reactive ketones (excluding diaryl/α,β-unsaturated/α-hetero) is 1. The van der Waals surface area contributed by atoms with Crippen LogP contribution in [-0.2, 0) is 32.6 Å². The summed E-state index contributed by atoms with van der Waals surface area (Å²) in [4.78, 5) is 40.2. The first-order chi connectivity index (χ1) is 19.6. The van der Waals surface area contributed by atoms with Gasteiger partial charge in [0.15, 0.2) is 23.4 Å². The Morgan fingerprint density at radius 1 is 1.12 bits per heavy atom. The van der Waals surface area contributed by atoms with E-state index in [-0.39, 0.29) is 36.8 Å². The highest BCUT2D eigenvalue weighted by Crippen LogP contribution is 2.62. The van der Waals surface area contributed by atoms with E-state index in [1.54, 1.807) is 6.07 Å². The third kappa shape index (κ3) is 4.09. The average molecular weight is 596 g/mol. The number of aryl methyl sites for hydroxylation is 1. The van der Waals surface area contributed by atoms with Crippen LogP contribution < -0.4 is 9.47 Å². The molecule has 2 N–H and O–H groups in total. The van der Waals surface area contributed by atoms with E-state index < -0.39 is 29.1 Å². The summed E-state index contributed by atoms with van der Waals surface area (Å²) in [5.41, 5.74) is 1.24. The molecule has 8 nitrogen and oxygen atoms in total. The highest BCUT2D eigenvalue weighted by Gasteiger charge is 2.70. The maximum absolute atomic E-state index is 13.4. The van der Waals surface area contributed by atoms with Gasteiger partial charge in [-0.25, -0.2) is 0 Å². The number of rotatable bonds is 7. The second kappa shape index (κ2) is 9.62. The van der Waals surface area contributed by atoms with Crippen LogP contribution in [0.25, 0.3) is 9.40 Å². The second-order valence-electron chi connectivity index (χ2n) is 12.2. The Morgan fingerprint density at radius 2 is 1.83 bits per heavy atom. The summed E-state index contributed by atoms with van der Waals surface area (Å²) in [5.74, 6) is -0.00360. The van der Waals surface area contributed by atoms with Crippen molar-refractivity contribution < 1.29 is 34.1 Å². The van der Waals surface area contributed by atoms with Crippen LogP contribution in [0.2, 0.25) is 0 Å². The monoisotopic (exact) mass is 595 g/mol. The van der Waals surface area contributed by atoms with Crippen molar-refractivity contribution in [2.24, 2.45) is 5.92 Å². The number of thiophene rings is 2. The van der Waals surface area contributed by atoms with E-state index in [2.05, 4.69) is 11.8 Å². The molecule has 0 unspecified atom stereocenters. The highest BCUT2D eigenvalue weighted by atomic mass is 32.1. The SMILES string of the molecule is Cc1ccc(OC(=O)Cc2csc3c(CC(=O)O)csc23)c2c1[C@]13CCN(CC4CC4)[C@H](C)[C@]1(O)CCC(=O)[C@@H]3O2. The van der Waals surface area contributed by atoms with Crippen molar-refractivity contribution in [1.29, 1.82) is 0 Å². The zero-order valence-electron chi connectivity index (χ0n) is 23.1. The lowest BCUT2D eigenvalue weighted by Gasteiger charge is -2.59. The minimum absolute atomic E-state index is 0.0130. The van der Waals surface area contributed by atoms with Gasteiger partial charge < -0.3 is 19.7 Å². The van der Waals surface area contributed by atoms with Crippen LogP contribution in [0.1, 0.15) is 61.3 Å². The molecule has 216 valence electrons. The van der Waals surface area contributed by atoms with Crippen LogP contribution in [0.15, 0.2) is 22.9 Å². The molecule has 3 fully saturated rings. The number of piperidine rings is 1. The predicted molar refractivity (Wildman–Crippen MR) is 155 cm³/mol. The molecule has 0 bridgehead atoms. The van der Waals surface area contributed by atoms with Gasteiger partial charge in [-0.15, -0.1) is 22.7 Å². The summed E-state index contributed by atoms with van der Waals surface area (Å²) >= 11 is 2.87. The smallest absolute Gasteiger partial charge is 0.315 e. The van der Waals surface area contributed by atoms with Gasteiger partial charge in [-0.2, -0.15) is 0 Å². The number of benzene rings is 1. The van der Waals surface area contributed by atoms with Crippen molar-refractivity contribution in [3.63, 3.8) is 0 Å². The molecular weight excluding hydrogens is 562 g/mol. The first-order valence-corrected chi connectivity index (χ1v) is 16.1. The predicted octanol–water partition coefficient (Wildman–Crippen LogP) is 4.64. The summed E-state index contributed by atoms with van der Waals surface area (Å²) in [5, 5.41) is 25.4. The molecule has 1 spiro atoms. The number of aliphatic carboxylic acids is 1. The standard InChI is InChI=1S/C31H33NO7S2/c1-16-3-6-22(38-24(36)12-20-15-41-27-19(11-23(34)35)14-40-28(20)27)26-25(16)30-9-10-32(13-18-4-5-18)17(2)31(30,37)8-7-21(33)29(30)39-26/h3,6,14-15,17-18,29,37H,4-5,7-13H2,1-2H3,(H,34,35)/t17-,29+,30+,31-/m1/s1. The Balaban J connectivity index is 1.20. The minimum atomic E-state index is -1.15. The zero-order valence-corrected chi connectivity index (χ0v) is 24.7. The Morgan fingerprint density at radius 3 is 2.51 bits per heavy atom. The molecule has 0 amide bonds. The number of ether oxygens (including phenoxy) is 2. The third-order valence-electron chi connectivity index (χ3n) is 9.83. The molecule has 4 heterocycles. The Bertz CT molecular complexity index is 1590. The largest absolute Gasteiger partial charge is 0.481 e. The number of carboxylic acid groups (broad SMARTS) is 1. The van der Waals surface area contributed by atoms with Crippen LogP contribution >= 0.6 is 22.7 Å². The minimum Gasteiger partial charge on any atom is -0.481 e. The number of ketones is 1. The molecule has 2 aromatic heterocycles. The molecule has 10 heteroatoms. The van der Waals surface area contributed by atoms with Crippen molar-refractivity contribution in [3.05, 3.63) is 45.1 Å². The summed E-state index contributed by atoms with van der Waals surface area (Å²) < 4.78 is 14.1. The number of aliphatic hydroxyl groups is 1. The molecule has 4 atom stereocenters. The van der Waals surface area contributed by atoms with E-state index in [1.807, 2.05) is 23.8 Å². The first kappa shape index (κ1) is 27.1. The fraction of sp³-hybridized carbons (Fsp3) is 0.516. The quantitative estimate of drug-likeness (QED) is 0.300. The lowest BCUT2D eigenvalue weighted by Crippen LogP contribution is -2.74. The van der Waals surface area contributed by atoms with E-state index in [9.17, 15) is 24.6 Å². The molecule has 1 saturated heterocycles. The normalized spacial score (nSPS) is 29.1. The molecule has 2 aliphatic carbocycles. The molecule has 0 radical (unpaired) electrons. The molecule has 1 aromatic carbocycles. The second-order valence-corrected chi connectivity index (χ2v) is 14.0. The Kier molecular flexibility index (Phi) is 6.35. The first-order valence-electron chi connectivity index (χ1n) is 14.3. The Labute approximate surface area is 245 Å². The van der Waals surface area contributed by atoms with Gasteiger partial charge in [0.1, 0.15) is 0 Å². The van der Waals surface area contributed by atoms with Gasteiger partial charge in [0.2, 0.25) is 0 Å². The maximum Gasteiger partial charge on any atom is 0.315 e. The van der Waals surface area contributed by atoms with Gasteiger partial charge in [-0.3, -0.25) is 19.3 Å². The fourth-order valence-corrected chi connectivity index (χ4v) is 10.0. The van der Waals surface area contributed by atoms with Crippen molar-refractivity contribution >= 4 is 49.8 Å². The zero-order chi connectivity index (χ0) is 28.7. The fourth-order valence-electron chi connectivity index (χ4n) is 7.60. The van der Waals surface area contributed by atoms with Crippen LogP contribution in [0.5, 0.6) is 11.5 Å². The van der Waals surface area contributed by atoms with Crippen molar-refractivity contribution in [2.45, 2.75) is 82.0 Å². The highest BCUT2D eigenvalue weighted by molar-refractivity contribution is 7.26. The van der Waals surface area contributed by atoms with E-state index in [4.69, 9.17) is 9.47 Å². The lowest BCUT2D eigenvalue weighted by atomic mass is 9.52. The van der Waals surface area contributed by atoms with Gasteiger partial charge in [-0.05, 0) is 85.5 Å². The van der Waals surface area contributed by atoms with Gasteiger partial charge in [-0.1, -0.05) is 6.07 Å². The van der Waals surface area contributed by atoms with Gasteiger partial charge in [0, 0.05) is 34.0 Å². The van der Waals surface area contributed by atoms with Gasteiger partial charge >= 0.3 is 11.9 Å². The number of carbonyl (C=O) groups is 3. The Hall–Kier alpha value is -2.79. The third-order valence-corrected chi connectivity index (χ3v) is 12.2. The molecule has 4 aliphatic rings. The summed E-state index contributed by atoms with van der Waals surface area (Å²) in [6, 6.07) is 3.47. The molecule has 7 rings (SSSR count). The lowest BCUT2D eigenvalue weighted by molar-refractivity contribution is -0.181. The van der Waals surface area contributed by atoms with E-state index >= 15 is 0 Å². The van der Waals surface area contributed by atoms with Crippen molar-refractivity contribution in [1.82, 2.24) is 4.90 Å². The number of fused-ring (bicyclic) bond motifs is 2. The summed E-state index contributed by atoms with van der Waals surface area (Å²) in [7, 11) is 0. The number of esters is 1. The number of carbonyl (C=O) groups excluding carboxylic acids is 2. The van der Waals surface area contributed by atoms with Crippen LogP contribution in [-0.4, -0.2) is 63.7 Å². The summed E-state index contributed by atoms with van der Waals surface area (Å²) in [6.45, 7) is 5.80. The van der Waals surface area contributed by atoms with E-state index in [1.165, 1.54) is 35.5 Å². The number of nitrogens with zero attached hydrogens (tertiary/aromatic N) is 1. The van der Waals surface area contributed by atoms with Crippen LogP contribution in [0, 0.1) is 12.8 Å². The number of hydrogen-bond acceptors (Lipinski definition) is 9. The van der Waals surface area contributed by atoms with E-state index in [0.29, 0.717) is 24.5 Å². The summed E-state index contributed by atoms with van der Waals surface area (Å²) in [6.07, 6.45) is 2.88. The average Bonchev–Trinajstić information content (AvgIpc) is 3.35. The van der Waals surface area contributed by atoms with Crippen molar-refractivity contribution in [2.75, 3.05) is 13.1 Å². The molecular formula is C31H33NO7S2. The maximum atomic E-state index is 13.4. The number of hydrogen-bond donors (Lipinski definition) is 2. The molecule has 3 aromatic rings. The topological polar surface area (TPSA) is 113 Å². The van der Waals surface area contributed by atoms with Crippen LogP contribution in [0.3, 0.4) is 0 Å². The van der Waals surface area contributed by atoms with E-state index in [0.717, 1.165) is 44.7 Å². The van der Waals surface area contributed by atoms with Gasteiger partial charge in [0.05, 0.1) is 23.9 Å². The molecule has 2 aliphatic heterocycles. The van der Waals surface area contributed by atoms with Crippen molar-refractivity contribution in [3.8, 4) is 11.5 Å². The number of likely N-dealkylation sites (tertiary alicyclic amines) is 1. The number of carboxylic acids is 1. The van der Waals surface area contributed by atoms with Crippen LogP contribution in [0.4, 0.5) is 0 Å². The van der Waals surface area contributed by atoms with Gasteiger partial charge in [0.25, 0.3) is 0 Å². The molecule has 41 heavy (non-hydrogen) atoms.